The molecule has 0 aromatic carbocycles. The van der Waals surface area contributed by atoms with Gasteiger partial charge in [0.05, 0.1) is 0 Å². The summed E-state index contributed by atoms with van der Waals surface area (Å²) in [6.45, 7) is 11.6. The highest BCUT2D eigenvalue weighted by Gasteiger charge is 2.06. The van der Waals surface area contributed by atoms with E-state index in [-0.39, 0.29) is 0 Å². The Labute approximate surface area is 88.2 Å². The van der Waals surface area contributed by atoms with Crippen LogP contribution in [0.1, 0.15) is 6.42 Å². The number of allylic oxidation sites excluding steroid dienone is 4. The minimum absolute atomic E-state index is 0.427. The molecule has 0 rings (SSSR count). The third kappa shape index (κ3) is 5.27. The maximum Gasteiger partial charge on any atom is 0.175 e. The van der Waals surface area contributed by atoms with Crippen LogP contribution in [0, 0.1) is 12.3 Å². The predicted octanol–water partition coefficient (Wildman–Crippen LogP) is 3.53. The van der Waals surface area contributed by atoms with Crippen LogP contribution < -0.4 is 0 Å². The maximum atomic E-state index is 5.38. The third-order valence-electron chi connectivity index (χ3n) is 1.93. The molecule has 0 aliphatic heterocycles. The zero-order chi connectivity index (χ0) is 10.8. The number of hydrogen-bond acceptors (Lipinski definition) is 0. The molecule has 0 atom stereocenters. The Morgan fingerprint density at radius 1 is 1.14 bits per heavy atom. The van der Waals surface area contributed by atoms with Gasteiger partial charge < -0.3 is 0 Å². The van der Waals surface area contributed by atoms with E-state index in [0.29, 0.717) is 6.71 Å². The summed E-state index contributed by atoms with van der Waals surface area (Å²) in [6, 6.07) is 0. The lowest BCUT2D eigenvalue weighted by atomic mass is 9.44. The van der Waals surface area contributed by atoms with Crippen LogP contribution in [0.2, 0.25) is 12.6 Å². The van der Waals surface area contributed by atoms with Gasteiger partial charge in [-0.2, -0.15) is 0 Å². The molecule has 72 valence electrons. The predicted molar refractivity (Wildman–Crippen MR) is 67.5 cm³/mol. The molecule has 0 aromatic rings. The molecular formula is C13H17B. The normalized spacial score (nSPS) is 10.1. The Hall–Kier alpha value is -1.42. The molecule has 0 aromatic heterocycles. The van der Waals surface area contributed by atoms with Gasteiger partial charge in [-0.1, -0.05) is 36.8 Å². The Bertz CT molecular complexity index is 255. The van der Waals surface area contributed by atoms with Gasteiger partial charge in [-0.3, -0.25) is 0 Å². The van der Waals surface area contributed by atoms with E-state index < -0.39 is 0 Å². The fourth-order valence-electron chi connectivity index (χ4n) is 1.28. The molecule has 0 amide bonds. The maximum absolute atomic E-state index is 5.38. The molecule has 0 heterocycles. The van der Waals surface area contributed by atoms with E-state index in [1.807, 2.05) is 18.2 Å². The van der Waals surface area contributed by atoms with Gasteiger partial charge in [0.15, 0.2) is 6.71 Å². The second-order valence-corrected chi connectivity index (χ2v) is 3.14. The third-order valence-corrected chi connectivity index (χ3v) is 1.93. The SMILES string of the molecule is C#C/C(=C/B(CC=C)CC=C)CC=C. The summed E-state index contributed by atoms with van der Waals surface area (Å²) in [5, 5.41) is 0. The van der Waals surface area contributed by atoms with Crippen LogP contribution in [0.25, 0.3) is 0 Å². The van der Waals surface area contributed by atoms with Crippen LogP contribution in [-0.4, -0.2) is 6.71 Å². The number of hydrogen-bond donors (Lipinski definition) is 0. The van der Waals surface area contributed by atoms with Crippen LogP contribution >= 0.6 is 0 Å². The van der Waals surface area contributed by atoms with Gasteiger partial charge in [0.25, 0.3) is 0 Å². The van der Waals surface area contributed by atoms with E-state index in [1.54, 1.807) is 0 Å². The van der Waals surface area contributed by atoms with E-state index >= 15 is 0 Å². The van der Waals surface area contributed by atoms with Crippen molar-refractivity contribution in [3.63, 3.8) is 0 Å². The van der Waals surface area contributed by atoms with Gasteiger partial charge in [-0.05, 0) is 12.0 Å². The molecule has 0 nitrogen and oxygen atoms in total. The van der Waals surface area contributed by atoms with Gasteiger partial charge in [0.2, 0.25) is 0 Å². The largest absolute Gasteiger partial charge is 0.175 e. The Balaban J connectivity index is 4.48. The molecule has 0 N–H and O–H groups in total. The molecule has 14 heavy (non-hydrogen) atoms. The highest BCUT2D eigenvalue weighted by Crippen LogP contribution is 2.08. The minimum atomic E-state index is 0.427. The number of rotatable bonds is 7. The molecule has 0 saturated heterocycles. The average Bonchev–Trinajstić information content (AvgIpc) is 2.18. The summed E-state index contributed by atoms with van der Waals surface area (Å²) in [5.41, 5.74) is 0.994. The van der Waals surface area contributed by atoms with Crippen molar-refractivity contribution in [3.8, 4) is 12.3 Å². The second-order valence-electron chi connectivity index (χ2n) is 3.14. The fourth-order valence-corrected chi connectivity index (χ4v) is 1.28. The summed E-state index contributed by atoms with van der Waals surface area (Å²) in [5.74, 6) is 4.79. The number of terminal acetylenes is 1. The molecule has 1 heteroatoms. The van der Waals surface area contributed by atoms with Gasteiger partial charge >= 0.3 is 0 Å². The first-order valence-electron chi connectivity index (χ1n) is 4.78. The van der Waals surface area contributed by atoms with Crippen molar-refractivity contribution in [1.82, 2.24) is 0 Å². The summed E-state index contributed by atoms with van der Waals surface area (Å²) in [6.07, 6.45) is 13.7. The second kappa shape index (κ2) is 8.20. The zero-order valence-corrected chi connectivity index (χ0v) is 8.71. The Morgan fingerprint density at radius 3 is 2.07 bits per heavy atom. The van der Waals surface area contributed by atoms with Crippen LogP contribution in [0.15, 0.2) is 49.5 Å². The van der Waals surface area contributed by atoms with Crippen LogP contribution in [-0.2, 0) is 0 Å². The van der Waals surface area contributed by atoms with Gasteiger partial charge in [-0.15, -0.1) is 32.1 Å². The first-order valence-corrected chi connectivity index (χ1v) is 4.78. The summed E-state index contributed by atoms with van der Waals surface area (Å²) in [7, 11) is 0. The van der Waals surface area contributed by atoms with Gasteiger partial charge in [-0.25, -0.2) is 0 Å². The molecule has 0 radical (unpaired) electrons. The van der Waals surface area contributed by atoms with E-state index in [4.69, 9.17) is 6.42 Å². The quantitative estimate of drug-likeness (QED) is 0.322. The Kier molecular flexibility index (Phi) is 7.37. The standard InChI is InChI=1S/C13H17B/c1-5-9-13(8-4)12-14(10-6-2)11-7-3/h4-7,12H,1-3,9-11H2/b13-12-. The Morgan fingerprint density at radius 2 is 1.71 bits per heavy atom. The van der Waals surface area contributed by atoms with Crippen molar-refractivity contribution in [2.45, 2.75) is 19.1 Å². The van der Waals surface area contributed by atoms with Crippen LogP contribution in [0.5, 0.6) is 0 Å². The van der Waals surface area contributed by atoms with E-state index in [0.717, 1.165) is 24.6 Å². The molecule has 0 unspecified atom stereocenters. The van der Waals surface area contributed by atoms with Crippen LogP contribution in [0.4, 0.5) is 0 Å². The molecule has 0 aliphatic carbocycles. The van der Waals surface area contributed by atoms with Crippen molar-refractivity contribution < 1.29 is 0 Å². The molecule has 0 bridgehead atoms. The summed E-state index contributed by atoms with van der Waals surface area (Å²) in [4.78, 5) is 0. The average molecular weight is 184 g/mol. The van der Waals surface area contributed by atoms with Crippen molar-refractivity contribution >= 4 is 6.71 Å². The molecular weight excluding hydrogens is 167 g/mol. The van der Waals surface area contributed by atoms with Gasteiger partial charge in [0.1, 0.15) is 0 Å². The lowest BCUT2D eigenvalue weighted by Gasteiger charge is -2.04. The summed E-state index contributed by atoms with van der Waals surface area (Å²) < 4.78 is 0. The highest BCUT2D eigenvalue weighted by atomic mass is 13.9. The lowest BCUT2D eigenvalue weighted by molar-refractivity contribution is 1.32. The monoisotopic (exact) mass is 184 g/mol. The topological polar surface area (TPSA) is 0 Å². The molecule has 0 spiro atoms. The summed E-state index contributed by atoms with van der Waals surface area (Å²) >= 11 is 0. The fraction of sp³-hybridized carbons (Fsp3) is 0.231. The highest BCUT2D eigenvalue weighted by molar-refractivity contribution is 6.65. The molecule has 0 aliphatic rings. The van der Waals surface area contributed by atoms with E-state index in [2.05, 4.69) is 31.6 Å². The lowest BCUT2D eigenvalue weighted by Crippen LogP contribution is -2.07. The first-order chi connectivity index (χ1) is 6.78. The van der Waals surface area contributed by atoms with E-state index in [1.165, 1.54) is 0 Å². The smallest absolute Gasteiger partial charge is 0.115 e. The van der Waals surface area contributed by atoms with Crippen molar-refractivity contribution in [1.29, 1.82) is 0 Å². The minimum Gasteiger partial charge on any atom is -0.115 e. The first kappa shape index (κ1) is 12.6. The van der Waals surface area contributed by atoms with E-state index in [9.17, 15) is 0 Å². The van der Waals surface area contributed by atoms with Crippen LogP contribution in [0.3, 0.4) is 0 Å². The van der Waals surface area contributed by atoms with Crippen molar-refractivity contribution in [2.75, 3.05) is 0 Å². The van der Waals surface area contributed by atoms with Crippen molar-refractivity contribution in [3.05, 3.63) is 49.5 Å². The van der Waals surface area contributed by atoms with Crippen molar-refractivity contribution in [2.24, 2.45) is 0 Å². The molecule has 0 saturated carbocycles. The zero-order valence-electron chi connectivity index (χ0n) is 8.71. The van der Waals surface area contributed by atoms with Gasteiger partial charge in [0, 0.05) is 0 Å². The molecule has 0 fully saturated rings.